The standard InChI is InChI=1S/C15H16F2N10O/c1-7-6-28-3-2-27(7)15-21-12(20-13(22-15)14-23-25-26-24-14)9-5-19-10(18)4-8(9)11(16)17/h4-5,7,11H,2-3,6H2,1H3,(H2,18,19)(H,23,24,25,26)/t7-/m1/s1. The molecule has 1 aliphatic heterocycles. The third-order valence-corrected chi connectivity index (χ3v) is 4.23. The molecule has 1 saturated heterocycles. The van der Waals surface area contributed by atoms with Gasteiger partial charge in [-0.15, -0.1) is 10.2 Å². The summed E-state index contributed by atoms with van der Waals surface area (Å²) in [5, 5.41) is 13.6. The van der Waals surface area contributed by atoms with E-state index >= 15 is 0 Å². The predicted octanol–water partition coefficient (Wildman–Crippen LogP) is 0.859. The predicted molar refractivity (Wildman–Crippen MR) is 93.2 cm³/mol. The van der Waals surface area contributed by atoms with Gasteiger partial charge in [0.05, 0.1) is 19.3 Å². The highest BCUT2D eigenvalue weighted by Crippen LogP contribution is 2.31. The number of aromatic amines is 1. The summed E-state index contributed by atoms with van der Waals surface area (Å²) in [4.78, 5) is 18.9. The fourth-order valence-electron chi connectivity index (χ4n) is 2.85. The zero-order valence-electron chi connectivity index (χ0n) is 14.7. The van der Waals surface area contributed by atoms with Crippen LogP contribution in [0.2, 0.25) is 0 Å². The van der Waals surface area contributed by atoms with Gasteiger partial charge in [-0.3, -0.25) is 0 Å². The minimum absolute atomic E-state index is 0.0127. The van der Waals surface area contributed by atoms with Crippen molar-refractivity contribution in [3.8, 4) is 23.0 Å². The van der Waals surface area contributed by atoms with Crippen molar-refractivity contribution in [2.45, 2.75) is 19.4 Å². The summed E-state index contributed by atoms with van der Waals surface area (Å²) in [6.07, 6.45) is -1.56. The number of hydrogen-bond acceptors (Lipinski definition) is 10. The van der Waals surface area contributed by atoms with Gasteiger partial charge < -0.3 is 15.4 Å². The Morgan fingerprint density at radius 1 is 1.25 bits per heavy atom. The molecule has 0 aliphatic carbocycles. The summed E-state index contributed by atoms with van der Waals surface area (Å²) < 4.78 is 32.6. The maximum Gasteiger partial charge on any atom is 0.264 e. The van der Waals surface area contributed by atoms with Gasteiger partial charge in [0.15, 0.2) is 5.82 Å². The van der Waals surface area contributed by atoms with Crippen LogP contribution in [0.25, 0.3) is 23.0 Å². The van der Waals surface area contributed by atoms with Crippen LogP contribution in [0.3, 0.4) is 0 Å². The van der Waals surface area contributed by atoms with Crippen molar-refractivity contribution in [3.05, 3.63) is 17.8 Å². The van der Waals surface area contributed by atoms with E-state index in [0.29, 0.717) is 25.7 Å². The van der Waals surface area contributed by atoms with Gasteiger partial charge in [-0.25, -0.2) is 18.7 Å². The Morgan fingerprint density at radius 2 is 2.07 bits per heavy atom. The minimum atomic E-state index is -2.78. The zero-order valence-corrected chi connectivity index (χ0v) is 14.7. The van der Waals surface area contributed by atoms with Gasteiger partial charge in [0, 0.05) is 23.9 Å². The molecule has 0 saturated carbocycles. The van der Waals surface area contributed by atoms with Gasteiger partial charge >= 0.3 is 0 Å². The lowest BCUT2D eigenvalue weighted by atomic mass is 10.1. The Labute approximate surface area is 157 Å². The number of nitrogens with zero attached hydrogens (tertiary/aromatic N) is 8. The molecule has 3 N–H and O–H groups in total. The lowest BCUT2D eigenvalue weighted by Crippen LogP contribution is -2.44. The Bertz CT molecular complexity index is 967. The first-order valence-electron chi connectivity index (χ1n) is 8.41. The van der Waals surface area contributed by atoms with Crippen molar-refractivity contribution < 1.29 is 13.5 Å². The largest absolute Gasteiger partial charge is 0.384 e. The molecule has 0 aromatic carbocycles. The quantitative estimate of drug-likeness (QED) is 0.658. The van der Waals surface area contributed by atoms with Crippen LogP contribution in [0, 0.1) is 0 Å². The van der Waals surface area contributed by atoms with E-state index in [4.69, 9.17) is 10.5 Å². The highest BCUT2D eigenvalue weighted by molar-refractivity contribution is 5.64. The molecule has 0 unspecified atom stereocenters. The number of nitrogens with two attached hydrogens (primary N) is 1. The van der Waals surface area contributed by atoms with Crippen LogP contribution < -0.4 is 10.6 Å². The molecule has 0 spiro atoms. The number of halogens is 2. The van der Waals surface area contributed by atoms with Crippen LogP contribution in [-0.2, 0) is 4.74 Å². The normalized spacial score (nSPS) is 17.3. The second-order valence-corrected chi connectivity index (χ2v) is 6.13. The first-order valence-corrected chi connectivity index (χ1v) is 8.41. The number of alkyl halides is 2. The first-order chi connectivity index (χ1) is 13.5. The minimum Gasteiger partial charge on any atom is -0.384 e. The van der Waals surface area contributed by atoms with Gasteiger partial charge in [-0.05, 0) is 18.2 Å². The Balaban J connectivity index is 1.88. The fourth-order valence-corrected chi connectivity index (χ4v) is 2.85. The van der Waals surface area contributed by atoms with Crippen molar-refractivity contribution in [3.63, 3.8) is 0 Å². The fraction of sp³-hybridized carbons (Fsp3) is 0.400. The molecule has 1 atom stereocenters. The Morgan fingerprint density at radius 3 is 2.79 bits per heavy atom. The third kappa shape index (κ3) is 3.43. The van der Waals surface area contributed by atoms with Crippen molar-refractivity contribution in [2.75, 3.05) is 30.4 Å². The molecule has 13 heteroatoms. The topological polar surface area (TPSA) is 145 Å². The molecule has 11 nitrogen and oxygen atoms in total. The first kappa shape index (κ1) is 18.0. The highest BCUT2D eigenvalue weighted by Gasteiger charge is 2.26. The zero-order chi connectivity index (χ0) is 19.7. The van der Waals surface area contributed by atoms with Crippen LogP contribution in [-0.4, -0.2) is 66.4 Å². The Hall–Kier alpha value is -3.35. The maximum atomic E-state index is 13.6. The molecule has 3 aromatic rings. The molecule has 146 valence electrons. The second-order valence-electron chi connectivity index (χ2n) is 6.13. The number of ether oxygens (including phenoxy) is 1. The smallest absolute Gasteiger partial charge is 0.264 e. The van der Waals surface area contributed by atoms with Gasteiger partial charge in [-0.1, -0.05) is 0 Å². The number of nitrogens with one attached hydrogen (secondary N) is 1. The summed E-state index contributed by atoms with van der Waals surface area (Å²) in [6.45, 7) is 3.48. The number of rotatable bonds is 4. The highest BCUT2D eigenvalue weighted by atomic mass is 19.3. The molecule has 1 aliphatic rings. The monoisotopic (exact) mass is 390 g/mol. The number of nitrogen functional groups attached to an aromatic ring is 1. The van der Waals surface area contributed by atoms with E-state index < -0.39 is 6.43 Å². The molecule has 0 amide bonds. The lowest BCUT2D eigenvalue weighted by Gasteiger charge is -2.33. The van der Waals surface area contributed by atoms with E-state index in [-0.39, 0.29) is 40.5 Å². The maximum absolute atomic E-state index is 13.6. The molecule has 4 heterocycles. The van der Waals surface area contributed by atoms with E-state index in [9.17, 15) is 8.78 Å². The molecule has 3 aromatic heterocycles. The van der Waals surface area contributed by atoms with Crippen LogP contribution in [0.15, 0.2) is 12.3 Å². The van der Waals surface area contributed by atoms with E-state index in [1.165, 1.54) is 6.20 Å². The van der Waals surface area contributed by atoms with Crippen LogP contribution in [0.1, 0.15) is 18.9 Å². The number of pyridine rings is 1. The van der Waals surface area contributed by atoms with Gasteiger partial charge in [0.1, 0.15) is 5.82 Å². The average Bonchev–Trinajstić information content (AvgIpc) is 3.23. The molecular weight excluding hydrogens is 374 g/mol. The number of anilines is 2. The Kier molecular flexibility index (Phi) is 4.73. The van der Waals surface area contributed by atoms with Crippen molar-refractivity contribution in [2.24, 2.45) is 0 Å². The van der Waals surface area contributed by atoms with Gasteiger partial charge in [-0.2, -0.15) is 15.2 Å². The third-order valence-electron chi connectivity index (χ3n) is 4.23. The van der Waals surface area contributed by atoms with E-state index in [1.54, 1.807) is 0 Å². The summed E-state index contributed by atoms with van der Waals surface area (Å²) in [5.74, 6) is 0.523. The van der Waals surface area contributed by atoms with Crippen molar-refractivity contribution in [1.29, 1.82) is 0 Å². The average molecular weight is 390 g/mol. The SMILES string of the molecule is C[C@@H]1COCCN1c1nc(-c2nn[nH]n2)nc(-c2cnc(N)cc2C(F)F)n1. The number of tetrazole rings is 1. The van der Waals surface area contributed by atoms with Crippen LogP contribution in [0.4, 0.5) is 20.5 Å². The summed E-state index contributed by atoms with van der Waals surface area (Å²) in [5.41, 5.74) is 5.30. The number of morpholine rings is 1. The summed E-state index contributed by atoms with van der Waals surface area (Å²) in [6, 6.07) is 1.09. The number of H-pyrrole nitrogens is 1. The van der Waals surface area contributed by atoms with Crippen molar-refractivity contribution in [1.82, 2.24) is 40.6 Å². The van der Waals surface area contributed by atoms with E-state index in [1.807, 2.05) is 11.8 Å². The van der Waals surface area contributed by atoms with Crippen LogP contribution >= 0.6 is 0 Å². The summed E-state index contributed by atoms with van der Waals surface area (Å²) in [7, 11) is 0. The molecule has 0 radical (unpaired) electrons. The van der Waals surface area contributed by atoms with E-state index in [0.717, 1.165) is 6.07 Å². The van der Waals surface area contributed by atoms with Gasteiger partial charge in [0.25, 0.3) is 6.43 Å². The van der Waals surface area contributed by atoms with Crippen molar-refractivity contribution >= 4 is 11.8 Å². The summed E-state index contributed by atoms with van der Waals surface area (Å²) >= 11 is 0. The van der Waals surface area contributed by atoms with Gasteiger partial charge in [0.2, 0.25) is 17.6 Å². The number of hydrogen-bond donors (Lipinski definition) is 2. The lowest BCUT2D eigenvalue weighted by molar-refractivity contribution is 0.0981. The van der Waals surface area contributed by atoms with E-state index in [2.05, 4.69) is 40.6 Å². The second kappa shape index (κ2) is 7.34. The molecule has 0 bridgehead atoms. The molecule has 1 fully saturated rings. The molecule has 28 heavy (non-hydrogen) atoms. The number of aromatic nitrogens is 8. The molecular formula is C15H16F2N10O. The van der Waals surface area contributed by atoms with Crippen LogP contribution in [0.5, 0.6) is 0 Å². The molecule has 4 rings (SSSR count).